The number of aromatic amines is 2. The van der Waals surface area contributed by atoms with E-state index in [1.165, 1.54) is 7.11 Å². The van der Waals surface area contributed by atoms with Crippen LogP contribution in [0.1, 0.15) is 131 Å². The molecule has 8 bridgehead atoms. The molecule has 0 unspecified atom stereocenters. The molecular weight excluding hydrogens is 558 g/mol. The molecule has 0 radical (unpaired) electrons. The molecule has 2 N–H and O–H groups in total. The van der Waals surface area contributed by atoms with Crippen molar-refractivity contribution in [3.8, 4) is 0 Å². The van der Waals surface area contributed by atoms with E-state index in [-0.39, 0.29) is 35.2 Å². The van der Waals surface area contributed by atoms with Crippen LogP contribution in [-0.4, -0.2) is 44.9 Å². The van der Waals surface area contributed by atoms with Gasteiger partial charge < -0.3 is 19.6 Å². The lowest BCUT2D eigenvalue weighted by atomic mass is 9.86. The summed E-state index contributed by atoms with van der Waals surface area (Å²) >= 11 is 0. The lowest BCUT2D eigenvalue weighted by molar-refractivity contribution is -0.108. The van der Waals surface area contributed by atoms with Crippen molar-refractivity contribution in [3.05, 3.63) is 73.7 Å². The first-order chi connectivity index (χ1) is 21.1. The zero-order valence-corrected chi connectivity index (χ0v) is 26.3. The SMILES string of the molecule is CC[C@H]1c2cc3[nH]c4c(c5nc(cc6[nH]c(cc(n2)[C@@H]1C)c(C(C)=O)c6C)[C@@H](C)[C@@H]5CCC=O)CC(=O)c4c3C.CON=O. The lowest BCUT2D eigenvalue weighted by Crippen LogP contribution is -2.06. The standard InChI is InChI=1S/C33H36N4O3.CH3NO2/c1-7-20-15(2)23-14-28-30(19(6)39)17(4)25(35-28)12-24-16(3)21(9-8-10-38)32(36-24)22-11-29(40)31-18(5)26(37-33(22)31)13-27(20)34-23;1-4-2-3/h10,12-16,20-21,35,37H,7-9,11H2,1-6H3;1H3/t15-,16+,20-,21+;/m1./s1. The average Bonchev–Trinajstić information content (AvgIpc) is 3.74. The second kappa shape index (κ2) is 12.3. The Balaban J connectivity index is 0.000000906. The number of carbonyl (C=O) groups is 3. The van der Waals surface area contributed by atoms with Crippen molar-refractivity contribution in [2.24, 2.45) is 5.34 Å². The Morgan fingerprint density at radius 1 is 1.00 bits per heavy atom. The zero-order chi connectivity index (χ0) is 31.9. The summed E-state index contributed by atoms with van der Waals surface area (Å²) in [6.45, 7) is 12.1. The highest BCUT2D eigenvalue weighted by Gasteiger charge is 2.36. The van der Waals surface area contributed by atoms with Gasteiger partial charge in [-0.3, -0.25) is 19.6 Å². The number of nitrogens with zero attached hydrogens (tertiary/aromatic N) is 3. The summed E-state index contributed by atoms with van der Waals surface area (Å²) in [6.07, 6.45) is 3.29. The molecular formula is C34H39N5O5. The second-order valence-corrected chi connectivity index (χ2v) is 12.0. The van der Waals surface area contributed by atoms with Crippen LogP contribution in [0.5, 0.6) is 0 Å². The Morgan fingerprint density at radius 3 is 2.25 bits per heavy atom. The van der Waals surface area contributed by atoms with E-state index in [0.29, 0.717) is 24.8 Å². The summed E-state index contributed by atoms with van der Waals surface area (Å²) in [6, 6.07) is 6.17. The molecule has 5 heterocycles. The van der Waals surface area contributed by atoms with Crippen LogP contribution in [0.15, 0.2) is 23.5 Å². The van der Waals surface area contributed by atoms with Crippen molar-refractivity contribution >= 4 is 39.9 Å². The molecule has 10 heteroatoms. The number of aryl methyl sites for hydroxylation is 2. The molecule has 3 aromatic rings. The summed E-state index contributed by atoms with van der Waals surface area (Å²) in [7, 11) is 1.20. The summed E-state index contributed by atoms with van der Waals surface area (Å²) in [4.78, 5) is 67.2. The van der Waals surface area contributed by atoms with Gasteiger partial charge in [0.15, 0.2) is 16.9 Å². The van der Waals surface area contributed by atoms with E-state index in [4.69, 9.17) is 14.9 Å². The predicted molar refractivity (Wildman–Crippen MR) is 169 cm³/mol. The van der Waals surface area contributed by atoms with Gasteiger partial charge in [0.25, 0.3) is 0 Å². The normalized spacial score (nSPS) is 20.2. The molecule has 4 atom stereocenters. The Morgan fingerprint density at radius 2 is 1.61 bits per heavy atom. The molecule has 2 aliphatic heterocycles. The van der Waals surface area contributed by atoms with Gasteiger partial charge in [-0.2, -0.15) is 0 Å². The maximum absolute atomic E-state index is 13.4. The molecule has 10 nitrogen and oxygen atoms in total. The minimum absolute atomic E-state index is 0.00549. The minimum Gasteiger partial charge on any atom is -0.367 e. The first kappa shape index (κ1) is 31.0. The largest absolute Gasteiger partial charge is 0.367 e. The van der Waals surface area contributed by atoms with E-state index in [9.17, 15) is 14.4 Å². The molecule has 3 aliphatic rings. The molecule has 0 fully saturated rings. The smallest absolute Gasteiger partial charge is 0.169 e. The topological polar surface area (TPSA) is 147 Å². The van der Waals surface area contributed by atoms with Crippen molar-refractivity contribution in [3.63, 3.8) is 0 Å². The molecule has 230 valence electrons. The Hall–Kier alpha value is -4.47. The number of Topliss-reactive ketones (excluding diaryl/α,β-unsaturated/α-hetero) is 2. The van der Waals surface area contributed by atoms with E-state index in [2.05, 4.69) is 41.6 Å². The number of hydrogen-bond acceptors (Lipinski definition) is 8. The summed E-state index contributed by atoms with van der Waals surface area (Å²) < 4.78 is 0. The number of aldehydes is 1. The highest BCUT2D eigenvalue weighted by atomic mass is 16.7. The third-order valence-electron chi connectivity index (χ3n) is 9.55. The Labute approximate surface area is 256 Å². The molecule has 0 saturated carbocycles. The van der Waals surface area contributed by atoms with Crippen molar-refractivity contribution < 1.29 is 19.2 Å². The van der Waals surface area contributed by atoms with Crippen LogP contribution in [-0.2, 0) is 16.1 Å². The zero-order valence-electron chi connectivity index (χ0n) is 26.3. The number of carbonyl (C=O) groups excluding carboxylic acids is 3. The molecule has 6 rings (SSSR count). The van der Waals surface area contributed by atoms with E-state index in [1.54, 1.807) is 6.92 Å². The predicted octanol–water partition coefficient (Wildman–Crippen LogP) is 7.35. The molecule has 0 aromatic carbocycles. The van der Waals surface area contributed by atoms with Gasteiger partial charge in [0, 0.05) is 81.3 Å². The summed E-state index contributed by atoms with van der Waals surface area (Å²) in [5.74, 6) is 0.593. The van der Waals surface area contributed by atoms with Gasteiger partial charge in [-0.1, -0.05) is 20.8 Å². The van der Waals surface area contributed by atoms with Crippen molar-refractivity contribution in [1.82, 2.24) is 19.9 Å². The van der Waals surface area contributed by atoms with Crippen LogP contribution in [0.2, 0.25) is 0 Å². The number of nitrogens with one attached hydrogen (secondary N) is 2. The summed E-state index contributed by atoms with van der Waals surface area (Å²) in [5.41, 5.74) is 11.3. The van der Waals surface area contributed by atoms with Gasteiger partial charge in [0.05, 0.1) is 16.7 Å². The first-order valence-electron chi connectivity index (χ1n) is 15.2. The molecule has 0 saturated heterocycles. The maximum Gasteiger partial charge on any atom is 0.169 e. The fourth-order valence-corrected chi connectivity index (χ4v) is 7.19. The average molecular weight is 598 g/mol. The van der Waals surface area contributed by atoms with E-state index in [1.807, 2.05) is 31.3 Å². The van der Waals surface area contributed by atoms with Crippen molar-refractivity contribution in [2.75, 3.05) is 7.11 Å². The summed E-state index contributed by atoms with van der Waals surface area (Å²) in [5, 5.41) is 1.99. The van der Waals surface area contributed by atoms with Gasteiger partial charge in [-0.25, -0.2) is 0 Å². The van der Waals surface area contributed by atoms with Crippen molar-refractivity contribution in [1.29, 1.82) is 0 Å². The quantitative estimate of drug-likeness (QED) is 0.131. The molecule has 1 aliphatic carbocycles. The van der Waals surface area contributed by atoms with E-state index < -0.39 is 0 Å². The van der Waals surface area contributed by atoms with Crippen molar-refractivity contribution in [2.45, 2.75) is 90.9 Å². The van der Waals surface area contributed by atoms with Crippen LogP contribution in [0, 0.1) is 18.8 Å². The van der Waals surface area contributed by atoms with E-state index >= 15 is 0 Å². The van der Waals surface area contributed by atoms with Crippen LogP contribution in [0.3, 0.4) is 0 Å². The Bertz CT molecular complexity index is 1840. The number of fused-ring (bicyclic) bond motifs is 8. The van der Waals surface area contributed by atoms with Gasteiger partial charge in [0.1, 0.15) is 13.4 Å². The van der Waals surface area contributed by atoms with Gasteiger partial charge in [0.2, 0.25) is 0 Å². The highest BCUT2D eigenvalue weighted by molar-refractivity contribution is 6.13. The number of hydrogen-bond donors (Lipinski definition) is 2. The highest BCUT2D eigenvalue weighted by Crippen LogP contribution is 2.45. The van der Waals surface area contributed by atoms with Crippen LogP contribution < -0.4 is 0 Å². The second-order valence-electron chi connectivity index (χ2n) is 12.0. The number of rotatable bonds is 6. The van der Waals surface area contributed by atoms with Gasteiger partial charge >= 0.3 is 0 Å². The number of aromatic nitrogens is 4. The van der Waals surface area contributed by atoms with Gasteiger partial charge in [-0.05, 0) is 62.9 Å². The lowest BCUT2D eigenvalue weighted by Gasteiger charge is -2.15. The molecule has 3 aromatic heterocycles. The molecule has 44 heavy (non-hydrogen) atoms. The number of H-pyrrole nitrogens is 2. The minimum atomic E-state index is 0.00549. The molecule has 0 spiro atoms. The Kier molecular flexibility index (Phi) is 8.63. The monoisotopic (exact) mass is 597 g/mol. The third-order valence-corrected chi connectivity index (χ3v) is 9.55. The fraction of sp³-hybridized carbons (Fsp3) is 0.441. The molecule has 0 amide bonds. The van der Waals surface area contributed by atoms with Gasteiger partial charge in [-0.15, -0.1) is 4.91 Å². The van der Waals surface area contributed by atoms with E-state index in [0.717, 1.165) is 79.8 Å². The van der Waals surface area contributed by atoms with Crippen LogP contribution in [0.25, 0.3) is 22.1 Å². The maximum atomic E-state index is 13.4. The van der Waals surface area contributed by atoms with Crippen LogP contribution >= 0.6 is 0 Å². The third kappa shape index (κ3) is 5.16. The fourth-order valence-electron chi connectivity index (χ4n) is 7.19. The van der Waals surface area contributed by atoms with Crippen LogP contribution in [0.4, 0.5) is 0 Å². The number of ketones is 2. The first-order valence-corrected chi connectivity index (χ1v) is 15.2.